The average Bonchev–Trinajstić information content (AvgIpc) is 2.69. The molecule has 0 atom stereocenters. The molecule has 1 aromatic rings. The quantitative estimate of drug-likeness (QED) is 0.469. The minimum absolute atomic E-state index is 0.202. The van der Waals surface area contributed by atoms with Gasteiger partial charge in [0.1, 0.15) is 10.9 Å². The Balaban J connectivity index is 2.25. The van der Waals surface area contributed by atoms with E-state index in [0.29, 0.717) is 24.8 Å². The number of rotatable bonds is 3. The topological polar surface area (TPSA) is 46.6 Å². The molecule has 1 heterocycles. The second-order valence-electron chi connectivity index (χ2n) is 4.01. The molecule has 1 amide bonds. The van der Waals surface area contributed by atoms with Gasteiger partial charge in [-0.05, 0) is 23.8 Å². The van der Waals surface area contributed by atoms with Gasteiger partial charge in [-0.25, -0.2) is 0 Å². The zero-order valence-corrected chi connectivity index (χ0v) is 13.9. The van der Waals surface area contributed by atoms with Crippen LogP contribution in [-0.4, -0.2) is 34.8 Å². The molecule has 1 fully saturated rings. The molecular formula is C13H9Cl2NO3S2. The smallest absolute Gasteiger partial charge is 0.325 e. The lowest BCUT2D eigenvalue weighted by molar-refractivity contribution is -0.143. The minimum atomic E-state index is -0.530. The molecule has 2 rings (SSSR count). The highest BCUT2D eigenvalue weighted by Crippen LogP contribution is 2.34. The Hall–Kier alpha value is -1.08. The van der Waals surface area contributed by atoms with Crippen molar-refractivity contribution in [3.63, 3.8) is 0 Å². The largest absolute Gasteiger partial charge is 0.468 e. The fourth-order valence-corrected chi connectivity index (χ4v) is 3.30. The van der Waals surface area contributed by atoms with Crippen LogP contribution in [0, 0.1) is 0 Å². The van der Waals surface area contributed by atoms with Crippen molar-refractivity contribution in [2.75, 3.05) is 13.7 Å². The number of thioether (sulfide) groups is 1. The Morgan fingerprint density at radius 3 is 2.81 bits per heavy atom. The molecule has 0 unspecified atom stereocenters. The van der Waals surface area contributed by atoms with Crippen LogP contribution in [0.5, 0.6) is 0 Å². The van der Waals surface area contributed by atoms with Crippen molar-refractivity contribution in [1.29, 1.82) is 0 Å². The average molecular weight is 362 g/mol. The van der Waals surface area contributed by atoms with Crippen molar-refractivity contribution >= 4 is 69.5 Å². The van der Waals surface area contributed by atoms with Crippen LogP contribution in [0.3, 0.4) is 0 Å². The van der Waals surface area contributed by atoms with Gasteiger partial charge < -0.3 is 4.74 Å². The zero-order chi connectivity index (χ0) is 15.6. The SMILES string of the molecule is COC(=O)CN1C(=O)/C(=C/c2ccc(Cl)cc2Cl)SC1=S. The summed E-state index contributed by atoms with van der Waals surface area (Å²) in [6.45, 7) is -0.202. The van der Waals surface area contributed by atoms with Gasteiger partial charge in [-0.15, -0.1) is 0 Å². The number of thiocarbonyl (C=S) groups is 1. The van der Waals surface area contributed by atoms with Gasteiger partial charge in [0.15, 0.2) is 0 Å². The standard InChI is InChI=1S/C13H9Cl2NO3S2/c1-19-11(17)6-16-12(18)10(21-13(16)20)4-7-2-3-8(14)5-9(7)15/h2-5H,6H2,1H3/b10-4-. The Morgan fingerprint density at radius 2 is 2.19 bits per heavy atom. The van der Waals surface area contributed by atoms with E-state index in [2.05, 4.69) is 4.74 Å². The number of ether oxygens (including phenoxy) is 1. The second kappa shape index (κ2) is 6.79. The van der Waals surface area contributed by atoms with Gasteiger partial charge in [0.2, 0.25) is 0 Å². The molecule has 1 aliphatic heterocycles. The van der Waals surface area contributed by atoms with Crippen LogP contribution in [0.2, 0.25) is 10.0 Å². The number of esters is 1. The van der Waals surface area contributed by atoms with Crippen molar-refractivity contribution in [2.45, 2.75) is 0 Å². The number of amides is 1. The van der Waals surface area contributed by atoms with E-state index >= 15 is 0 Å². The molecule has 8 heteroatoms. The van der Waals surface area contributed by atoms with E-state index in [4.69, 9.17) is 35.4 Å². The molecule has 0 radical (unpaired) electrons. The first-order valence-corrected chi connectivity index (χ1v) is 7.67. The summed E-state index contributed by atoms with van der Waals surface area (Å²) in [5.74, 6) is -0.876. The highest BCUT2D eigenvalue weighted by atomic mass is 35.5. The van der Waals surface area contributed by atoms with Crippen LogP contribution in [0.1, 0.15) is 5.56 Å². The summed E-state index contributed by atoms with van der Waals surface area (Å²) in [6, 6.07) is 4.97. The zero-order valence-electron chi connectivity index (χ0n) is 10.8. The number of benzene rings is 1. The Bertz CT molecular complexity index is 661. The summed E-state index contributed by atoms with van der Waals surface area (Å²) < 4.78 is 4.84. The molecular weight excluding hydrogens is 353 g/mol. The Kier molecular flexibility index (Phi) is 5.27. The molecule has 0 N–H and O–H groups in total. The number of hydrogen-bond acceptors (Lipinski definition) is 5. The molecule has 0 aliphatic carbocycles. The lowest BCUT2D eigenvalue weighted by Gasteiger charge is -2.11. The third kappa shape index (κ3) is 3.77. The summed E-state index contributed by atoms with van der Waals surface area (Å²) in [4.78, 5) is 25.1. The molecule has 0 bridgehead atoms. The van der Waals surface area contributed by atoms with Crippen LogP contribution >= 0.6 is 47.2 Å². The predicted molar refractivity (Wildman–Crippen MR) is 88.4 cm³/mol. The second-order valence-corrected chi connectivity index (χ2v) is 6.53. The third-order valence-electron chi connectivity index (χ3n) is 2.64. The highest BCUT2D eigenvalue weighted by molar-refractivity contribution is 8.26. The molecule has 21 heavy (non-hydrogen) atoms. The molecule has 1 saturated heterocycles. The fraction of sp³-hybridized carbons (Fsp3) is 0.154. The van der Waals surface area contributed by atoms with E-state index in [1.54, 1.807) is 24.3 Å². The number of methoxy groups -OCH3 is 1. The third-order valence-corrected chi connectivity index (χ3v) is 4.58. The molecule has 0 saturated carbocycles. The number of carbonyl (C=O) groups is 2. The summed E-state index contributed by atoms with van der Waals surface area (Å²) >= 11 is 18.1. The van der Waals surface area contributed by atoms with Crippen LogP contribution in [0.15, 0.2) is 23.1 Å². The fourth-order valence-electron chi connectivity index (χ4n) is 1.59. The molecule has 110 valence electrons. The molecule has 4 nitrogen and oxygen atoms in total. The van der Waals surface area contributed by atoms with Gasteiger partial charge in [-0.1, -0.05) is 53.2 Å². The first kappa shape index (κ1) is 16.3. The van der Waals surface area contributed by atoms with Gasteiger partial charge in [0.05, 0.1) is 12.0 Å². The van der Waals surface area contributed by atoms with Gasteiger partial charge >= 0.3 is 5.97 Å². The van der Waals surface area contributed by atoms with Crippen LogP contribution in [0.25, 0.3) is 6.08 Å². The number of hydrogen-bond donors (Lipinski definition) is 0. The number of halogens is 2. The lowest BCUT2D eigenvalue weighted by atomic mass is 10.2. The number of carbonyl (C=O) groups excluding carboxylic acids is 2. The van der Waals surface area contributed by atoms with Crippen molar-refractivity contribution in [1.82, 2.24) is 4.90 Å². The van der Waals surface area contributed by atoms with E-state index in [1.807, 2.05) is 0 Å². The van der Waals surface area contributed by atoms with Gasteiger partial charge in [-0.3, -0.25) is 14.5 Å². The maximum Gasteiger partial charge on any atom is 0.325 e. The van der Waals surface area contributed by atoms with E-state index in [1.165, 1.54) is 12.0 Å². The summed E-state index contributed by atoms with van der Waals surface area (Å²) in [5, 5.41) is 0.941. The van der Waals surface area contributed by atoms with Crippen LogP contribution in [-0.2, 0) is 14.3 Å². The summed E-state index contributed by atoms with van der Waals surface area (Å²) in [7, 11) is 1.25. The van der Waals surface area contributed by atoms with Crippen LogP contribution in [0.4, 0.5) is 0 Å². The monoisotopic (exact) mass is 361 g/mol. The van der Waals surface area contributed by atoms with Crippen molar-refractivity contribution in [3.05, 3.63) is 38.7 Å². The predicted octanol–water partition coefficient (Wildman–Crippen LogP) is 3.37. The normalized spacial score (nSPS) is 16.7. The Morgan fingerprint density at radius 1 is 1.48 bits per heavy atom. The highest BCUT2D eigenvalue weighted by Gasteiger charge is 2.33. The van der Waals surface area contributed by atoms with E-state index < -0.39 is 5.97 Å². The molecule has 1 aliphatic rings. The number of nitrogens with zero attached hydrogens (tertiary/aromatic N) is 1. The Labute approximate surface area is 141 Å². The van der Waals surface area contributed by atoms with E-state index in [-0.39, 0.29) is 12.5 Å². The van der Waals surface area contributed by atoms with Crippen molar-refractivity contribution in [2.24, 2.45) is 0 Å². The van der Waals surface area contributed by atoms with Gasteiger partial charge in [-0.2, -0.15) is 0 Å². The lowest BCUT2D eigenvalue weighted by Crippen LogP contribution is -2.33. The van der Waals surface area contributed by atoms with Crippen molar-refractivity contribution in [3.8, 4) is 0 Å². The summed E-state index contributed by atoms with van der Waals surface area (Å²) in [5.41, 5.74) is 0.652. The first-order chi connectivity index (χ1) is 9.92. The van der Waals surface area contributed by atoms with Gasteiger partial charge in [0.25, 0.3) is 5.91 Å². The summed E-state index contributed by atoms with van der Waals surface area (Å²) in [6.07, 6.45) is 1.62. The van der Waals surface area contributed by atoms with Crippen molar-refractivity contribution < 1.29 is 14.3 Å². The van der Waals surface area contributed by atoms with Gasteiger partial charge in [0, 0.05) is 10.0 Å². The maximum absolute atomic E-state index is 12.2. The first-order valence-electron chi connectivity index (χ1n) is 5.69. The minimum Gasteiger partial charge on any atom is -0.468 e. The molecule has 0 spiro atoms. The molecule has 0 aromatic heterocycles. The van der Waals surface area contributed by atoms with E-state index in [0.717, 1.165) is 11.8 Å². The molecule has 1 aromatic carbocycles. The van der Waals surface area contributed by atoms with E-state index in [9.17, 15) is 9.59 Å². The maximum atomic E-state index is 12.2. The van der Waals surface area contributed by atoms with Crippen LogP contribution < -0.4 is 0 Å².